The average molecular weight is 503 g/mol. The Morgan fingerprint density at radius 2 is 1.55 bits per heavy atom. The molecule has 6 heterocycles. The molecule has 8 nitrogen and oxygen atoms in total. The minimum Gasteiger partial charge on any atom is -0.383 e. The smallest absolute Gasteiger partial charge is 0.238 e. The molecule has 2 aliphatic heterocycles. The van der Waals surface area contributed by atoms with Gasteiger partial charge in [0.2, 0.25) is 5.91 Å². The fourth-order valence-corrected chi connectivity index (χ4v) is 4.67. The fourth-order valence-electron chi connectivity index (χ4n) is 4.67. The Kier molecular flexibility index (Phi) is 6.15. The first-order valence-electron chi connectivity index (χ1n) is 12.4. The van der Waals surface area contributed by atoms with E-state index < -0.39 is 0 Å². The van der Waals surface area contributed by atoms with E-state index in [1.165, 1.54) is 0 Å². The van der Waals surface area contributed by atoms with E-state index in [2.05, 4.69) is 9.97 Å². The molecule has 0 atom stereocenters. The molecule has 0 aromatic carbocycles. The largest absolute Gasteiger partial charge is 0.383 e. The number of carbonyl (C=O) groups is 1. The van der Waals surface area contributed by atoms with Crippen molar-refractivity contribution in [3.05, 3.63) is 89.6 Å². The van der Waals surface area contributed by atoms with Gasteiger partial charge in [0.25, 0.3) is 0 Å². The van der Waals surface area contributed by atoms with Crippen molar-refractivity contribution in [2.24, 2.45) is 0 Å². The predicted molar refractivity (Wildman–Crippen MR) is 151 cm³/mol. The van der Waals surface area contributed by atoms with E-state index in [1.54, 1.807) is 25.2 Å². The maximum Gasteiger partial charge on any atom is 0.238 e. The summed E-state index contributed by atoms with van der Waals surface area (Å²) in [4.78, 5) is 30.6. The molecule has 0 radical (unpaired) electrons. The summed E-state index contributed by atoms with van der Waals surface area (Å²) in [6, 6.07) is 19.9. The Labute approximate surface area is 219 Å². The SMILES string of the molecule is COCCN(C(C)=O)n1c2cc3nc(cc4ccc(cc5nc(cc1c(-c1ccccn1)c2)C=C5)[nH]4)C=C3. The second kappa shape index (κ2) is 9.91. The summed E-state index contributed by atoms with van der Waals surface area (Å²) in [7, 11) is 1.63. The van der Waals surface area contributed by atoms with Gasteiger partial charge < -0.3 is 9.72 Å². The van der Waals surface area contributed by atoms with Gasteiger partial charge in [-0.05, 0) is 78.9 Å². The first-order valence-corrected chi connectivity index (χ1v) is 12.4. The fraction of sp³-hybridized carbons (Fsp3) is 0.133. The molecule has 4 aromatic heterocycles. The highest BCUT2D eigenvalue weighted by Gasteiger charge is 2.19. The summed E-state index contributed by atoms with van der Waals surface area (Å²) in [5.74, 6) is -0.112. The van der Waals surface area contributed by atoms with Gasteiger partial charge in [0.05, 0.1) is 52.7 Å². The molecule has 8 heteroatoms. The molecule has 0 saturated heterocycles. The molecule has 0 saturated carbocycles. The molecule has 6 rings (SSSR count). The van der Waals surface area contributed by atoms with E-state index in [1.807, 2.05) is 89.6 Å². The molecule has 1 N–H and O–H groups in total. The molecule has 2 aliphatic rings. The lowest BCUT2D eigenvalue weighted by Crippen LogP contribution is -2.41. The van der Waals surface area contributed by atoms with E-state index in [4.69, 9.17) is 14.7 Å². The van der Waals surface area contributed by atoms with E-state index in [9.17, 15) is 4.79 Å². The molecule has 1 amide bonds. The second-order valence-corrected chi connectivity index (χ2v) is 9.07. The third-order valence-electron chi connectivity index (χ3n) is 6.38. The number of hydrogen-bond donors (Lipinski definition) is 1. The van der Waals surface area contributed by atoms with Crippen LogP contribution < -0.4 is 5.01 Å². The zero-order chi connectivity index (χ0) is 26.1. The van der Waals surface area contributed by atoms with Crippen molar-refractivity contribution < 1.29 is 9.53 Å². The van der Waals surface area contributed by atoms with Gasteiger partial charge in [-0.15, -0.1) is 0 Å². The Bertz CT molecular complexity index is 1750. The minimum absolute atomic E-state index is 0.112. The monoisotopic (exact) mass is 502 g/mol. The molecular formula is C30H26N6O2. The molecule has 188 valence electrons. The van der Waals surface area contributed by atoms with Gasteiger partial charge in [0, 0.05) is 36.8 Å². The van der Waals surface area contributed by atoms with E-state index in [0.29, 0.717) is 13.2 Å². The van der Waals surface area contributed by atoms with Crippen LogP contribution in [-0.4, -0.2) is 50.8 Å². The Hall–Kier alpha value is -4.82. The predicted octanol–water partition coefficient (Wildman–Crippen LogP) is 5.32. The quantitative estimate of drug-likeness (QED) is 0.345. The number of nitrogens with one attached hydrogen (secondary N) is 1. The summed E-state index contributed by atoms with van der Waals surface area (Å²) in [6.45, 7) is 2.31. The van der Waals surface area contributed by atoms with Crippen molar-refractivity contribution in [1.29, 1.82) is 0 Å². The van der Waals surface area contributed by atoms with Gasteiger partial charge in [-0.2, -0.15) is 0 Å². The molecule has 0 aliphatic carbocycles. The number of methoxy groups -OCH3 is 1. The van der Waals surface area contributed by atoms with Crippen LogP contribution >= 0.6 is 0 Å². The molecule has 0 spiro atoms. The second-order valence-electron chi connectivity index (χ2n) is 9.07. The first-order chi connectivity index (χ1) is 18.6. The maximum atomic E-state index is 13.0. The number of nitrogens with zero attached hydrogens (tertiary/aromatic N) is 5. The van der Waals surface area contributed by atoms with Crippen LogP contribution in [0.2, 0.25) is 0 Å². The lowest BCUT2D eigenvalue weighted by molar-refractivity contribution is -0.118. The van der Waals surface area contributed by atoms with Crippen molar-refractivity contribution in [3.8, 4) is 11.3 Å². The average Bonchev–Trinajstić information content (AvgIpc) is 3.70. The zero-order valence-corrected chi connectivity index (χ0v) is 21.1. The lowest BCUT2D eigenvalue weighted by Gasteiger charge is -2.24. The van der Waals surface area contributed by atoms with Crippen molar-refractivity contribution in [2.45, 2.75) is 6.92 Å². The Morgan fingerprint density at radius 3 is 2.16 bits per heavy atom. The third-order valence-corrected chi connectivity index (χ3v) is 6.38. The van der Waals surface area contributed by atoms with E-state index in [0.717, 1.165) is 56.1 Å². The number of rotatable bonds is 5. The van der Waals surface area contributed by atoms with Crippen molar-refractivity contribution in [3.63, 3.8) is 0 Å². The van der Waals surface area contributed by atoms with Gasteiger partial charge in [0.15, 0.2) is 0 Å². The van der Waals surface area contributed by atoms with Crippen molar-refractivity contribution >= 4 is 52.3 Å². The molecular weight excluding hydrogens is 476 g/mol. The van der Waals surface area contributed by atoms with Crippen molar-refractivity contribution in [2.75, 3.05) is 25.3 Å². The van der Waals surface area contributed by atoms with Gasteiger partial charge in [-0.3, -0.25) is 14.5 Å². The van der Waals surface area contributed by atoms with Crippen LogP contribution in [0.25, 0.3) is 57.6 Å². The highest BCUT2D eigenvalue weighted by atomic mass is 16.5. The first kappa shape index (κ1) is 23.6. The summed E-state index contributed by atoms with van der Waals surface area (Å²) >= 11 is 0. The number of fused-ring (bicyclic) bond motifs is 8. The van der Waals surface area contributed by atoms with E-state index >= 15 is 0 Å². The number of H-pyrrole nitrogens is 1. The third kappa shape index (κ3) is 4.65. The number of ether oxygens (including phenoxy) is 1. The molecule has 0 unspecified atom stereocenters. The van der Waals surface area contributed by atoms with Crippen LogP contribution in [0.1, 0.15) is 29.7 Å². The highest BCUT2D eigenvalue weighted by molar-refractivity contribution is 5.92. The van der Waals surface area contributed by atoms with Gasteiger partial charge >= 0.3 is 0 Å². The number of aromatic amines is 1. The Morgan fingerprint density at radius 1 is 0.895 bits per heavy atom. The van der Waals surface area contributed by atoms with Crippen LogP contribution in [0.4, 0.5) is 0 Å². The summed E-state index contributed by atoms with van der Waals surface area (Å²) < 4.78 is 7.26. The molecule has 38 heavy (non-hydrogen) atoms. The lowest BCUT2D eigenvalue weighted by atomic mass is 10.1. The number of aromatic nitrogens is 5. The van der Waals surface area contributed by atoms with Gasteiger partial charge in [-0.25, -0.2) is 15.0 Å². The highest BCUT2D eigenvalue weighted by Crippen LogP contribution is 2.30. The van der Waals surface area contributed by atoms with Crippen molar-refractivity contribution in [1.82, 2.24) is 24.6 Å². The van der Waals surface area contributed by atoms with Crippen LogP contribution in [0.3, 0.4) is 0 Å². The van der Waals surface area contributed by atoms with Crippen LogP contribution in [0.15, 0.2) is 66.9 Å². The number of carbonyl (C=O) groups excluding carboxylic acids is 1. The zero-order valence-electron chi connectivity index (χ0n) is 21.1. The topological polar surface area (TPSA) is 88.9 Å². The standard InChI is InChI=1S/C30H26N6O2/c1-20(37)35(13-14-38-2)36-27-17-25-10-8-23(33-25)15-21-6-7-22(32-21)16-24-9-11-26(34-24)18-30(36)28(19-27)29-5-3-4-12-31-29/h3-12,15-19,32H,13-14H2,1-2H3. The summed E-state index contributed by atoms with van der Waals surface area (Å²) in [5, 5.41) is 1.68. The Balaban J connectivity index is 1.75. The molecule has 4 aromatic rings. The number of amides is 1. The molecule has 8 bridgehead atoms. The number of hydrogen-bond acceptors (Lipinski definition) is 5. The van der Waals surface area contributed by atoms with Crippen LogP contribution in [0.5, 0.6) is 0 Å². The van der Waals surface area contributed by atoms with E-state index in [-0.39, 0.29) is 5.91 Å². The normalized spacial score (nSPS) is 12.2. The minimum atomic E-state index is -0.112. The van der Waals surface area contributed by atoms with Gasteiger partial charge in [0.1, 0.15) is 0 Å². The summed E-state index contributed by atoms with van der Waals surface area (Å²) in [6.07, 6.45) is 9.67. The summed E-state index contributed by atoms with van der Waals surface area (Å²) in [5.41, 5.74) is 8.38. The van der Waals surface area contributed by atoms with Crippen LogP contribution in [0, 0.1) is 0 Å². The maximum absolute atomic E-state index is 13.0. The molecule has 0 fully saturated rings. The van der Waals surface area contributed by atoms with Gasteiger partial charge in [-0.1, -0.05) is 6.07 Å². The number of pyridine rings is 1. The van der Waals surface area contributed by atoms with Crippen LogP contribution in [-0.2, 0) is 9.53 Å².